The van der Waals surface area contributed by atoms with Crippen LogP contribution in [0.4, 0.5) is 0 Å². The molecule has 0 atom stereocenters. The Kier molecular flexibility index (Phi) is 4.72. The van der Waals surface area contributed by atoms with Gasteiger partial charge < -0.3 is 10.0 Å². The maximum absolute atomic E-state index is 11.9. The van der Waals surface area contributed by atoms with Crippen LogP contribution in [-0.2, 0) is 4.79 Å². The Morgan fingerprint density at radius 1 is 1.47 bits per heavy atom. The second-order valence-corrected chi connectivity index (χ2v) is 4.15. The first-order valence-electron chi connectivity index (χ1n) is 4.70. The summed E-state index contributed by atoms with van der Waals surface area (Å²) >= 11 is 11.5. The molecule has 1 aromatic rings. The summed E-state index contributed by atoms with van der Waals surface area (Å²) in [6.07, 6.45) is 1.15. The number of pyridine rings is 1. The Morgan fingerprint density at radius 2 is 2.12 bits per heavy atom. The average Bonchev–Trinajstić information content (AvgIpc) is 2.28. The molecule has 1 amide bonds. The number of carbonyl (C=O) groups excluding carboxylic acids is 1. The van der Waals surface area contributed by atoms with E-state index in [1.54, 1.807) is 0 Å². The first-order valence-corrected chi connectivity index (χ1v) is 5.45. The number of hydrogen-bond acceptors (Lipinski definition) is 3. The second kappa shape index (κ2) is 5.84. The summed E-state index contributed by atoms with van der Waals surface area (Å²) in [6.45, 7) is 0.102. The molecule has 5 nitrogen and oxygen atoms in total. The minimum atomic E-state index is -0.969. The van der Waals surface area contributed by atoms with Crippen molar-refractivity contribution >= 4 is 35.1 Å². The number of carboxylic acid groups (broad SMARTS) is 1. The number of halogens is 2. The Morgan fingerprint density at radius 3 is 2.71 bits per heavy atom. The molecule has 0 aliphatic carbocycles. The molecule has 17 heavy (non-hydrogen) atoms. The summed E-state index contributed by atoms with van der Waals surface area (Å²) in [5, 5.41) is 8.86. The number of aromatic nitrogens is 1. The van der Waals surface area contributed by atoms with E-state index in [0.717, 1.165) is 0 Å². The molecule has 1 N–H and O–H groups in total. The third-order valence-corrected chi connectivity index (χ3v) is 2.57. The minimum absolute atomic E-state index is 0.102. The maximum atomic E-state index is 11.9. The number of carboxylic acids is 1. The van der Waals surface area contributed by atoms with Gasteiger partial charge in [0.05, 0.1) is 17.0 Å². The van der Waals surface area contributed by atoms with Crippen LogP contribution in [0.3, 0.4) is 0 Å². The van der Waals surface area contributed by atoms with Gasteiger partial charge in [-0.3, -0.25) is 9.59 Å². The molecule has 0 unspecified atom stereocenters. The second-order valence-electron chi connectivity index (χ2n) is 3.36. The van der Waals surface area contributed by atoms with Crippen LogP contribution in [0, 0.1) is 0 Å². The zero-order valence-electron chi connectivity index (χ0n) is 8.98. The van der Waals surface area contributed by atoms with Crippen LogP contribution in [0.1, 0.15) is 16.8 Å². The van der Waals surface area contributed by atoms with E-state index >= 15 is 0 Å². The lowest BCUT2D eigenvalue weighted by atomic mass is 10.2. The Balaban J connectivity index is 2.81. The highest BCUT2D eigenvalue weighted by atomic mass is 35.5. The summed E-state index contributed by atoms with van der Waals surface area (Å²) in [5.41, 5.74) is 0.208. The van der Waals surface area contributed by atoms with Crippen LogP contribution in [0.15, 0.2) is 12.3 Å². The summed E-state index contributed by atoms with van der Waals surface area (Å²) < 4.78 is 0. The Labute approximate surface area is 108 Å². The van der Waals surface area contributed by atoms with Gasteiger partial charge in [-0.25, -0.2) is 4.98 Å². The maximum Gasteiger partial charge on any atom is 0.305 e. The summed E-state index contributed by atoms with van der Waals surface area (Å²) in [5.74, 6) is -1.36. The lowest BCUT2D eigenvalue weighted by molar-refractivity contribution is -0.137. The van der Waals surface area contributed by atoms with Crippen LogP contribution < -0.4 is 0 Å². The molecule has 7 heteroatoms. The largest absolute Gasteiger partial charge is 0.481 e. The van der Waals surface area contributed by atoms with Crippen molar-refractivity contribution in [3.8, 4) is 0 Å². The topological polar surface area (TPSA) is 70.5 Å². The Bertz CT molecular complexity index is 451. The van der Waals surface area contributed by atoms with E-state index in [1.165, 1.54) is 24.2 Å². The molecule has 1 heterocycles. The van der Waals surface area contributed by atoms with Gasteiger partial charge in [0.15, 0.2) is 0 Å². The molecule has 0 spiro atoms. The van der Waals surface area contributed by atoms with Gasteiger partial charge in [0.1, 0.15) is 5.15 Å². The van der Waals surface area contributed by atoms with Gasteiger partial charge in [0.2, 0.25) is 0 Å². The molecule has 0 bridgehead atoms. The quantitative estimate of drug-likeness (QED) is 0.854. The van der Waals surface area contributed by atoms with Crippen molar-refractivity contribution in [2.75, 3.05) is 13.6 Å². The van der Waals surface area contributed by atoms with Gasteiger partial charge in [-0.05, 0) is 6.07 Å². The first kappa shape index (κ1) is 13.7. The fourth-order valence-corrected chi connectivity index (χ4v) is 1.49. The van der Waals surface area contributed by atoms with Gasteiger partial charge in [-0.2, -0.15) is 0 Å². The van der Waals surface area contributed by atoms with E-state index in [2.05, 4.69) is 4.98 Å². The molecule has 1 rings (SSSR count). The van der Waals surface area contributed by atoms with Gasteiger partial charge in [0.25, 0.3) is 5.91 Å². The van der Waals surface area contributed by atoms with Gasteiger partial charge in [-0.1, -0.05) is 23.2 Å². The summed E-state index contributed by atoms with van der Waals surface area (Å²) in [7, 11) is 1.50. The number of nitrogens with zero attached hydrogens (tertiary/aromatic N) is 2. The SMILES string of the molecule is CN(CCC(=O)O)C(=O)c1cc(Cl)ncc1Cl. The smallest absolute Gasteiger partial charge is 0.305 e. The molecule has 0 fully saturated rings. The number of hydrogen-bond donors (Lipinski definition) is 1. The van der Waals surface area contributed by atoms with Crippen molar-refractivity contribution in [2.24, 2.45) is 0 Å². The minimum Gasteiger partial charge on any atom is -0.481 e. The zero-order chi connectivity index (χ0) is 13.0. The van der Waals surface area contributed by atoms with Gasteiger partial charge in [-0.15, -0.1) is 0 Å². The summed E-state index contributed by atoms with van der Waals surface area (Å²) in [4.78, 5) is 27.3. The molecule has 0 aliphatic heterocycles. The normalized spacial score (nSPS) is 10.1. The number of rotatable bonds is 4. The molecule has 1 aromatic heterocycles. The van der Waals surface area contributed by atoms with Crippen LogP contribution in [0.2, 0.25) is 10.2 Å². The average molecular weight is 277 g/mol. The van der Waals surface area contributed by atoms with E-state index < -0.39 is 5.97 Å². The monoisotopic (exact) mass is 276 g/mol. The molecule has 0 aliphatic rings. The van der Waals surface area contributed by atoms with E-state index in [4.69, 9.17) is 28.3 Å². The molecule has 0 radical (unpaired) electrons. The van der Waals surface area contributed by atoms with Crippen molar-refractivity contribution in [3.05, 3.63) is 28.0 Å². The fourth-order valence-electron chi connectivity index (χ4n) is 1.15. The fraction of sp³-hybridized carbons (Fsp3) is 0.300. The van der Waals surface area contributed by atoms with E-state index in [-0.39, 0.29) is 34.6 Å². The Hall–Kier alpha value is -1.33. The third-order valence-electron chi connectivity index (χ3n) is 2.06. The highest BCUT2D eigenvalue weighted by Crippen LogP contribution is 2.19. The predicted octanol–water partition coefficient (Wildman–Crippen LogP) is 1.94. The zero-order valence-corrected chi connectivity index (χ0v) is 10.5. The molecular weight excluding hydrogens is 267 g/mol. The van der Waals surface area contributed by atoms with Gasteiger partial charge >= 0.3 is 5.97 Å². The van der Waals surface area contributed by atoms with Crippen molar-refractivity contribution in [1.29, 1.82) is 0 Å². The van der Waals surface area contributed by atoms with Crippen molar-refractivity contribution in [2.45, 2.75) is 6.42 Å². The number of amides is 1. The lowest BCUT2D eigenvalue weighted by Gasteiger charge is -2.16. The van der Waals surface area contributed by atoms with Crippen LogP contribution in [-0.4, -0.2) is 40.5 Å². The van der Waals surface area contributed by atoms with Crippen molar-refractivity contribution < 1.29 is 14.7 Å². The van der Waals surface area contributed by atoms with Gasteiger partial charge in [0, 0.05) is 19.8 Å². The third kappa shape index (κ3) is 3.87. The summed E-state index contributed by atoms with van der Waals surface area (Å²) in [6, 6.07) is 1.35. The highest BCUT2D eigenvalue weighted by Gasteiger charge is 2.16. The van der Waals surface area contributed by atoms with E-state index in [9.17, 15) is 9.59 Å². The number of carbonyl (C=O) groups is 2. The lowest BCUT2D eigenvalue weighted by Crippen LogP contribution is -2.29. The standard InChI is InChI=1S/C10H10Cl2N2O3/c1-14(3-2-9(15)16)10(17)6-4-8(12)13-5-7(6)11/h4-5H,2-3H2,1H3,(H,15,16). The van der Waals surface area contributed by atoms with Crippen LogP contribution in [0.5, 0.6) is 0 Å². The molecule has 0 saturated heterocycles. The van der Waals surface area contributed by atoms with E-state index in [1.807, 2.05) is 0 Å². The molecule has 92 valence electrons. The van der Waals surface area contributed by atoms with E-state index in [0.29, 0.717) is 0 Å². The number of aliphatic carboxylic acids is 1. The van der Waals surface area contributed by atoms with Crippen LogP contribution in [0.25, 0.3) is 0 Å². The molecular formula is C10H10Cl2N2O3. The molecule has 0 saturated carbocycles. The van der Waals surface area contributed by atoms with Crippen molar-refractivity contribution in [1.82, 2.24) is 9.88 Å². The van der Waals surface area contributed by atoms with Crippen LogP contribution >= 0.6 is 23.2 Å². The van der Waals surface area contributed by atoms with Crippen molar-refractivity contribution in [3.63, 3.8) is 0 Å². The first-order chi connectivity index (χ1) is 7.91. The molecule has 0 aromatic carbocycles. The highest BCUT2D eigenvalue weighted by molar-refractivity contribution is 6.35. The predicted molar refractivity (Wildman–Crippen MR) is 63.5 cm³/mol.